The summed E-state index contributed by atoms with van der Waals surface area (Å²) in [6, 6.07) is 0.468. The lowest BCUT2D eigenvalue weighted by Gasteiger charge is -2.30. The number of amides is 1. The smallest absolute Gasteiger partial charge is 0.243 e. The molecule has 2 N–H and O–H groups in total. The Morgan fingerprint density at radius 2 is 2.09 bits per heavy atom. The van der Waals surface area contributed by atoms with Gasteiger partial charge in [0.05, 0.1) is 0 Å². The van der Waals surface area contributed by atoms with Gasteiger partial charge < -0.3 is 15.5 Å². The molecule has 128 valence electrons. The highest BCUT2D eigenvalue weighted by Gasteiger charge is 2.22. The first-order valence-corrected chi connectivity index (χ1v) is 9.48. The second kappa shape index (κ2) is 10.8. The van der Waals surface area contributed by atoms with E-state index in [1.807, 2.05) is 0 Å². The van der Waals surface area contributed by atoms with Gasteiger partial charge >= 0.3 is 0 Å². The van der Waals surface area contributed by atoms with Crippen molar-refractivity contribution in [3.63, 3.8) is 0 Å². The van der Waals surface area contributed by atoms with E-state index in [0.29, 0.717) is 6.04 Å². The Morgan fingerprint density at radius 3 is 2.73 bits per heavy atom. The SMILES string of the molecule is CCCNC(=NCC(=O)N(C)C)NC1CCCC(SCC)C1. The molecule has 0 heterocycles. The zero-order valence-electron chi connectivity index (χ0n) is 14.5. The Kier molecular flexibility index (Phi) is 9.36. The zero-order valence-corrected chi connectivity index (χ0v) is 15.3. The molecular weight excluding hydrogens is 296 g/mol. The summed E-state index contributed by atoms with van der Waals surface area (Å²) in [6.07, 6.45) is 6.02. The first-order valence-electron chi connectivity index (χ1n) is 8.43. The van der Waals surface area contributed by atoms with Gasteiger partial charge in [-0.25, -0.2) is 4.99 Å². The van der Waals surface area contributed by atoms with Crippen molar-refractivity contribution in [1.29, 1.82) is 0 Å². The molecule has 5 nitrogen and oxygen atoms in total. The minimum Gasteiger partial charge on any atom is -0.356 e. The molecule has 1 aliphatic carbocycles. The molecule has 0 aromatic carbocycles. The van der Waals surface area contributed by atoms with Gasteiger partial charge in [0.15, 0.2) is 5.96 Å². The van der Waals surface area contributed by atoms with Crippen LogP contribution in [-0.4, -0.2) is 61.0 Å². The number of nitrogens with one attached hydrogen (secondary N) is 2. The van der Waals surface area contributed by atoms with Gasteiger partial charge in [-0.3, -0.25) is 4.79 Å². The number of guanidine groups is 1. The van der Waals surface area contributed by atoms with E-state index in [9.17, 15) is 4.79 Å². The van der Waals surface area contributed by atoms with Crippen LogP contribution in [0.3, 0.4) is 0 Å². The molecule has 2 unspecified atom stereocenters. The molecule has 0 spiro atoms. The summed E-state index contributed by atoms with van der Waals surface area (Å²) in [7, 11) is 3.52. The molecule has 0 bridgehead atoms. The van der Waals surface area contributed by atoms with Gasteiger partial charge in [-0.2, -0.15) is 11.8 Å². The lowest BCUT2D eigenvalue weighted by atomic mass is 9.95. The predicted molar refractivity (Wildman–Crippen MR) is 96.6 cm³/mol. The van der Waals surface area contributed by atoms with Crippen LogP contribution in [-0.2, 0) is 4.79 Å². The van der Waals surface area contributed by atoms with Gasteiger partial charge in [-0.15, -0.1) is 0 Å². The van der Waals surface area contributed by atoms with Crippen molar-refractivity contribution < 1.29 is 4.79 Å². The number of aliphatic imine (C=N–C) groups is 1. The number of hydrogen-bond donors (Lipinski definition) is 2. The summed E-state index contributed by atoms with van der Waals surface area (Å²) < 4.78 is 0. The van der Waals surface area contributed by atoms with E-state index in [1.54, 1.807) is 19.0 Å². The number of hydrogen-bond acceptors (Lipinski definition) is 3. The van der Waals surface area contributed by atoms with E-state index >= 15 is 0 Å². The van der Waals surface area contributed by atoms with Crippen LogP contribution in [0.15, 0.2) is 4.99 Å². The van der Waals surface area contributed by atoms with E-state index in [-0.39, 0.29) is 12.5 Å². The third-order valence-corrected chi connectivity index (χ3v) is 5.02. The Hall–Kier alpha value is -0.910. The zero-order chi connectivity index (χ0) is 16.4. The van der Waals surface area contributed by atoms with Crippen LogP contribution in [0.2, 0.25) is 0 Å². The van der Waals surface area contributed by atoms with Crippen molar-refractivity contribution in [3.8, 4) is 0 Å². The lowest BCUT2D eigenvalue weighted by molar-refractivity contribution is -0.127. The number of carbonyl (C=O) groups excluding carboxylic acids is 1. The molecule has 0 aromatic heterocycles. The van der Waals surface area contributed by atoms with E-state index < -0.39 is 0 Å². The van der Waals surface area contributed by atoms with Gasteiger partial charge in [-0.1, -0.05) is 20.3 Å². The Morgan fingerprint density at radius 1 is 1.32 bits per heavy atom. The summed E-state index contributed by atoms with van der Waals surface area (Å²) in [6.45, 7) is 5.43. The number of carbonyl (C=O) groups is 1. The van der Waals surface area contributed by atoms with Crippen LogP contribution in [0.5, 0.6) is 0 Å². The average Bonchev–Trinajstić information content (AvgIpc) is 2.50. The molecule has 2 atom stereocenters. The van der Waals surface area contributed by atoms with Crippen LogP contribution in [0.25, 0.3) is 0 Å². The number of nitrogens with zero attached hydrogens (tertiary/aromatic N) is 2. The number of likely N-dealkylation sites (N-methyl/N-ethyl adjacent to an activating group) is 1. The molecule has 0 aromatic rings. The summed E-state index contributed by atoms with van der Waals surface area (Å²) in [5.41, 5.74) is 0. The van der Waals surface area contributed by atoms with Crippen LogP contribution in [0.1, 0.15) is 46.0 Å². The molecular formula is C16H32N4OS. The first kappa shape index (κ1) is 19.1. The second-order valence-electron chi connectivity index (χ2n) is 5.96. The molecule has 0 aliphatic heterocycles. The fraction of sp³-hybridized carbons (Fsp3) is 0.875. The third-order valence-electron chi connectivity index (χ3n) is 3.78. The van der Waals surface area contributed by atoms with Crippen molar-refractivity contribution in [1.82, 2.24) is 15.5 Å². The molecule has 0 radical (unpaired) electrons. The number of thioether (sulfide) groups is 1. The quantitative estimate of drug-likeness (QED) is 0.555. The minimum absolute atomic E-state index is 0.0284. The third kappa shape index (κ3) is 7.38. The normalized spacial score (nSPS) is 22.3. The molecule has 1 saturated carbocycles. The average molecular weight is 329 g/mol. The first-order chi connectivity index (χ1) is 10.6. The fourth-order valence-corrected chi connectivity index (χ4v) is 3.71. The van der Waals surface area contributed by atoms with E-state index in [1.165, 1.54) is 31.4 Å². The largest absolute Gasteiger partial charge is 0.356 e. The van der Waals surface area contributed by atoms with Crippen LogP contribution in [0.4, 0.5) is 0 Å². The Balaban J connectivity index is 2.55. The van der Waals surface area contributed by atoms with Crippen molar-refractivity contribution in [2.24, 2.45) is 4.99 Å². The van der Waals surface area contributed by atoms with Crippen molar-refractivity contribution >= 4 is 23.6 Å². The van der Waals surface area contributed by atoms with Crippen molar-refractivity contribution in [2.75, 3.05) is 32.9 Å². The van der Waals surface area contributed by atoms with E-state index in [0.717, 1.165) is 24.2 Å². The molecule has 6 heteroatoms. The highest BCUT2D eigenvalue weighted by Crippen LogP contribution is 2.28. The summed E-state index contributed by atoms with van der Waals surface area (Å²) in [5, 5.41) is 7.60. The number of rotatable bonds is 7. The van der Waals surface area contributed by atoms with Gasteiger partial charge in [0, 0.05) is 31.9 Å². The monoisotopic (exact) mass is 328 g/mol. The van der Waals surface area contributed by atoms with Crippen LogP contribution < -0.4 is 10.6 Å². The second-order valence-corrected chi connectivity index (χ2v) is 7.54. The summed E-state index contributed by atoms with van der Waals surface area (Å²) >= 11 is 2.06. The van der Waals surface area contributed by atoms with Crippen LogP contribution >= 0.6 is 11.8 Å². The maximum absolute atomic E-state index is 11.7. The van der Waals surface area contributed by atoms with Gasteiger partial charge in [0.1, 0.15) is 6.54 Å². The van der Waals surface area contributed by atoms with Crippen molar-refractivity contribution in [3.05, 3.63) is 0 Å². The molecule has 1 amide bonds. The highest BCUT2D eigenvalue weighted by atomic mass is 32.2. The van der Waals surface area contributed by atoms with E-state index in [2.05, 4.69) is 41.2 Å². The van der Waals surface area contributed by atoms with Gasteiger partial charge in [0.25, 0.3) is 0 Å². The molecule has 22 heavy (non-hydrogen) atoms. The lowest BCUT2D eigenvalue weighted by Crippen LogP contribution is -2.46. The van der Waals surface area contributed by atoms with E-state index in [4.69, 9.17) is 0 Å². The Labute approximate surface area is 139 Å². The Bertz CT molecular complexity index is 358. The van der Waals surface area contributed by atoms with Crippen LogP contribution in [0, 0.1) is 0 Å². The summed E-state index contributed by atoms with van der Waals surface area (Å²) in [5.74, 6) is 1.99. The maximum atomic E-state index is 11.7. The topological polar surface area (TPSA) is 56.7 Å². The molecule has 1 aliphatic rings. The maximum Gasteiger partial charge on any atom is 0.243 e. The summed E-state index contributed by atoms with van der Waals surface area (Å²) in [4.78, 5) is 17.7. The molecule has 1 fully saturated rings. The molecule has 1 rings (SSSR count). The van der Waals surface area contributed by atoms with Gasteiger partial charge in [0.2, 0.25) is 5.91 Å². The highest BCUT2D eigenvalue weighted by molar-refractivity contribution is 7.99. The van der Waals surface area contributed by atoms with Crippen molar-refractivity contribution in [2.45, 2.75) is 57.2 Å². The minimum atomic E-state index is 0.0284. The molecule has 0 saturated heterocycles. The fourth-order valence-electron chi connectivity index (χ4n) is 2.54. The predicted octanol–water partition coefficient (Wildman–Crippen LogP) is 2.08. The van der Waals surface area contributed by atoms with Gasteiger partial charge in [-0.05, 0) is 31.4 Å². The standard InChI is InChI=1S/C16H32N4OS/c1-5-10-17-16(18-12-15(21)20(3)4)19-13-8-7-9-14(11-13)22-6-2/h13-14H,5-12H2,1-4H3,(H2,17,18,19).